The normalized spacial score (nSPS) is 9.43. The number of rotatable bonds is 0. The molecule has 0 aliphatic heterocycles. The van der Waals surface area contributed by atoms with Crippen molar-refractivity contribution in [3.05, 3.63) is 12.1 Å². The van der Waals surface area contributed by atoms with Gasteiger partial charge in [0.25, 0.3) is 0 Å². The van der Waals surface area contributed by atoms with Crippen LogP contribution in [-0.2, 0) is 0 Å². The van der Waals surface area contributed by atoms with Gasteiger partial charge < -0.3 is 0 Å². The van der Waals surface area contributed by atoms with Crippen LogP contribution in [0.3, 0.4) is 0 Å². The molecule has 0 amide bonds. The van der Waals surface area contributed by atoms with Crippen LogP contribution in [-0.4, -0.2) is 59.6 Å². The van der Waals surface area contributed by atoms with Gasteiger partial charge in [-0.25, -0.2) is 0 Å². The van der Waals surface area contributed by atoms with Crippen molar-refractivity contribution in [1.29, 1.82) is 0 Å². The van der Waals surface area contributed by atoms with Gasteiger partial charge >= 0.3 is 76.6 Å². The van der Waals surface area contributed by atoms with Gasteiger partial charge in [-0.05, 0) is 0 Å². The van der Waals surface area contributed by atoms with Gasteiger partial charge in [0.1, 0.15) is 0 Å². The Balaban J connectivity index is 3.04. The van der Waals surface area contributed by atoms with Crippen LogP contribution in [0.15, 0.2) is 12.1 Å². The van der Waals surface area contributed by atoms with E-state index in [4.69, 9.17) is 0 Å². The van der Waals surface area contributed by atoms with Crippen LogP contribution in [0.4, 0.5) is 0 Å². The van der Waals surface area contributed by atoms with Crippen LogP contribution in [0, 0.1) is 0 Å². The average molecular weight is 368 g/mol. The average Bonchev–Trinajstić information content (AvgIpc) is 1.87. The third-order valence-corrected chi connectivity index (χ3v) is 6.80. The van der Waals surface area contributed by atoms with Crippen molar-refractivity contribution < 1.29 is 0 Å². The van der Waals surface area contributed by atoms with Gasteiger partial charge in [0.15, 0.2) is 0 Å². The molecule has 1 aromatic heterocycles. The van der Waals surface area contributed by atoms with E-state index in [1.54, 1.807) is 4.91 Å². The van der Waals surface area contributed by atoms with Crippen LogP contribution >= 0.6 is 0 Å². The first-order valence-corrected chi connectivity index (χ1v) is 6.90. The predicted molar refractivity (Wildman–Crippen MR) is 36.9 cm³/mol. The standard InChI is InChI=1S/C4H2Se.2Sn.2H/c1-2-4-5-3-1;;;;/h1-2H;;;;. The first-order chi connectivity index (χ1) is 3.29. The van der Waals surface area contributed by atoms with E-state index in [-0.39, 0.29) is 0 Å². The summed E-state index contributed by atoms with van der Waals surface area (Å²) in [5.41, 5.74) is 0. The van der Waals surface area contributed by atoms with Crippen molar-refractivity contribution in [1.82, 2.24) is 0 Å². The summed E-state index contributed by atoms with van der Waals surface area (Å²) in [4.78, 5) is 0. The van der Waals surface area contributed by atoms with Gasteiger partial charge in [-0.3, -0.25) is 0 Å². The van der Waals surface area contributed by atoms with Crippen molar-refractivity contribution in [2.45, 2.75) is 0 Å². The van der Waals surface area contributed by atoms with E-state index in [9.17, 15) is 0 Å². The zero-order valence-corrected chi connectivity index (χ0v) is 12.0. The second-order valence-electron chi connectivity index (χ2n) is 1.24. The molecule has 7 heavy (non-hydrogen) atoms. The van der Waals surface area contributed by atoms with Crippen molar-refractivity contribution in [2.75, 3.05) is 0 Å². The summed E-state index contributed by atoms with van der Waals surface area (Å²) in [5.74, 6) is 0. The summed E-state index contributed by atoms with van der Waals surface area (Å²) in [7, 11) is 0. The second-order valence-corrected chi connectivity index (χ2v) is 12.5. The van der Waals surface area contributed by atoms with Gasteiger partial charge in [-0.15, -0.1) is 0 Å². The monoisotopic (exact) mass is 372 g/mol. The molecule has 4 radical (unpaired) electrons. The topological polar surface area (TPSA) is 0 Å². The summed E-state index contributed by atoms with van der Waals surface area (Å²) < 4.78 is 3.42. The number of hydrogen-bond acceptors (Lipinski definition) is 0. The fourth-order valence-electron chi connectivity index (χ4n) is 0.368. The zero-order chi connectivity index (χ0) is 5.28. The van der Waals surface area contributed by atoms with Crippen LogP contribution in [0.2, 0.25) is 0 Å². The zero-order valence-electron chi connectivity index (χ0n) is 3.72. The maximum absolute atomic E-state index is 2.29. The molecule has 0 aliphatic carbocycles. The molecule has 0 spiro atoms. The van der Waals surface area contributed by atoms with Crippen LogP contribution < -0.4 is 4.91 Å². The molecule has 1 heterocycles. The Labute approximate surface area is 75.6 Å². The predicted octanol–water partition coefficient (Wildman–Crippen LogP) is -2.20. The van der Waals surface area contributed by atoms with Gasteiger partial charge in [-0.2, -0.15) is 0 Å². The van der Waals surface area contributed by atoms with Gasteiger partial charge in [0, 0.05) is 0 Å². The summed E-state index contributed by atoms with van der Waals surface area (Å²) in [6.07, 6.45) is 0. The van der Waals surface area contributed by atoms with Crippen LogP contribution in [0.5, 0.6) is 0 Å². The molecule has 1 aromatic rings. The first kappa shape index (κ1) is 6.71. The molecule has 0 aliphatic rings. The summed E-state index contributed by atoms with van der Waals surface area (Å²) in [6, 6.07) is 4.59. The van der Waals surface area contributed by atoms with E-state index < -0.39 is 0 Å². The van der Waals surface area contributed by atoms with Crippen LogP contribution in [0.1, 0.15) is 0 Å². The first-order valence-electron chi connectivity index (χ1n) is 1.90. The van der Waals surface area contributed by atoms with E-state index in [1.807, 2.05) is 0 Å². The Morgan fingerprint density at radius 3 is 1.71 bits per heavy atom. The molecule has 0 saturated heterocycles. The van der Waals surface area contributed by atoms with Crippen molar-refractivity contribution in [3.8, 4) is 0 Å². The molecule has 34 valence electrons. The van der Waals surface area contributed by atoms with Gasteiger partial charge in [-0.1, -0.05) is 0 Å². The molecule has 0 saturated carbocycles. The summed E-state index contributed by atoms with van der Waals surface area (Å²) >= 11 is 3.54. The Bertz CT molecular complexity index is 142. The Morgan fingerprint density at radius 1 is 1.14 bits per heavy atom. The summed E-state index contributed by atoms with van der Waals surface area (Å²) in [5, 5.41) is 0. The number of hydrogen-bond donors (Lipinski definition) is 0. The SMILES string of the molecule is [SnH][c]1cc[c]([SnH])[se]1. The van der Waals surface area contributed by atoms with E-state index in [2.05, 4.69) is 12.1 Å². The molecule has 0 fully saturated rings. The van der Waals surface area contributed by atoms with E-state index in [0.717, 1.165) is 14.5 Å². The molecule has 0 N–H and O–H groups in total. The van der Waals surface area contributed by atoms with Crippen LogP contribution in [0.25, 0.3) is 0 Å². The van der Waals surface area contributed by atoms with E-state index in [1.165, 1.54) is 45.0 Å². The molecule has 1 rings (SSSR count). The van der Waals surface area contributed by atoms with Crippen molar-refractivity contribution in [3.63, 3.8) is 0 Å². The molecule has 3 heteroatoms. The molecule has 0 bridgehead atoms. The van der Waals surface area contributed by atoms with Gasteiger partial charge in [0.05, 0.1) is 0 Å². The quantitative estimate of drug-likeness (QED) is 0.456. The second kappa shape index (κ2) is 2.94. The molecule has 0 nitrogen and oxygen atoms in total. The minimum absolute atomic E-state index is 0.824. The minimum atomic E-state index is 0.824. The van der Waals surface area contributed by atoms with Crippen molar-refractivity contribution >= 4 is 64.5 Å². The molecule has 0 atom stereocenters. The van der Waals surface area contributed by atoms with E-state index in [0.29, 0.717) is 0 Å². The maximum atomic E-state index is 2.29. The fourth-order valence-corrected chi connectivity index (χ4v) is 11.9. The van der Waals surface area contributed by atoms with Gasteiger partial charge in [0.2, 0.25) is 0 Å². The molecule has 0 unspecified atom stereocenters. The Kier molecular flexibility index (Phi) is 2.82. The fraction of sp³-hybridized carbons (Fsp3) is 0. The van der Waals surface area contributed by atoms with Crippen molar-refractivity contribution in [2.24, 2.45) is 0 Å². The third-order valence-electron chi connectivity index (χ3n) is 0.648. The Morgan fingerprint density at radius 2 is 1.57 bits per heavy atom. The third kappa shape index (κ3) is 2.12. The molecule has 0 aromatic carbocycles. The van der Waals surface area contributed by atoms with E-state index >= 15 is 0 Å². The Hall–Kier alpha value is 1.60. The summed E-state index contributed by atoms with van der Waals surface area (Å²) in [6.45, 7) is 0. The molecular weight excluding hydrogens is 364 g/mol. The molecular formula is C4H4SeSn2.